The van der Waals surface area contributed by atoms with Gasteiger partial charge in [-0.15, -0.1) is 0 Å². The number of hydrogen-bond acceptors (Lipinski definition) is 4. The fraction of sp³-hybridized carbons (Fsp3) is 0.312. The van der Waals surface area contributed by atoms with Crippen molar-refractivity contribution in [1.82, 2.24) is 4.98 Å². The Bertz CT molecular complexity index is 580. The molecule has 2 rings (SSSR count). The molecule has 0 amide bonds. The van der Waals surface area contributed by atoms with Crippen molar-refractivity contribution in [1.29, 1.82) is 0 Å². The molecular formula is C16H20N2O2. The molecule has 2 N–H and O–H groups in total. The minimum Gasteiger partial charge on any atom is -0.497 e. The minimum absolute atomic E-state index is 0.428. The summed E-state index contributed by atoms with van der Waals surface area (Å²) in [5, 5.41) is 0. The number of hydrogen-bond donors (Lipinski definition) is 1. The van der Waals surface area contributed by atoms with Crippen molar-refractivity contribution in [2.45, 2.75) is 27.0 Å². The SMILES string of the molecule is COc1ccc(COc2nc(C)cc(C)c2CN)cc1. The van der Waals surface area contributed by atoms with Crippen molar-refractivity contribution in [3.05, 3.63) is 52.7 Å². The van der Waals surface area contributed by atoms with E-state index in [0.29, 0.717) is 19.0 Å². The maximum atomic E-state index is 5.82. The molecule has 0 aliphatic heterocycles. The van der Waals surface area contributed by atoms with Crippen molar-refractivity contribution in [3.63, 3.8) is 0 Å². The molecule has 0 bridgehead atoms. The number of aromatic nitrogens is 1. The summed E-state index contributed by atoms with van der Waals surface area (Å²) in [4.78, 5) is 4.43. The molecule has 0 radical (unpaired) electrons. The van der Waals surface area contributed by atoms with Crippen LogP contribution in [0.25, 0.3) is 0 Å². The maximum Gasteiger partial charge on any atom is 0.218 e. The van der Waals surface area contributed by atoms with Gasteiger partial charge in [-0.3, -0.25) is 0 Å². The van der Waals surface area contributed by atoms with Crippen LogP contribution in [0.4, 0.5) is 0 Å². The van der Waals surface area contributed by atoms with Gasteiger partial charge in [0.1, 0.15) is 12.4 Å². The third-order valence-electron chi connectivity index (χ3n) is 3.18. The number of benzene rings is 1. The second-order valence-corrected chi connectivity index (χ2v) is 4.71. The maximum absolute atomic E-state index is 5.82. The van der Waals surface area contributed by atoms with E-state index in [1.807, 2.05) is 44.2 Å². The Balaban J connectivity index is 2.13. The van der Waals surface area contributed by atoms with E-state index in [9.17, 15) is 0 Å². The van der Waals surface area contributed by atoms with Gasteiger partial charge in [-0.2, -0.15) is 0 Å². The van der Waals surface area contributed by atoms with Gasteiger partial charge in [0, 0.05) is 17.8 Å². The molecule has 0 saturated heterocycles. The molecule has 4 heteroatoms. The molecule has 4 nitrogen and oxygen atoms in total. The summed E-state index contributed by atoms with van der Waals surface area (Å²) in [6, 6.07) is 9.80. The molecule has 0 fully saturated rings. The van der Waals surface area contributed by atoms with Crippen molar-refractivity contribution in [3.8, 4) is 11.6 Å². The van der Waals surface area contributed by atoms with E-state index in [0.717, 1.165) is 28.1 Å². The second-order valence-electron chi connectivity index (χ2n) is 4.71. The average Bonchev–Trinajstić information content (AvgIpc) is 2.45. The largest absolute Gasteiger partial charge is 0.497 e. The van der Waals surface area contributed by atoms with Crippen LogP contribution in [0.1, 0.15) is 22.4 Å². The van der Waals surface area contributed by atoms with Gasteiger partial charge in [-0.05, 0) is 43.2 Å². The van der Waals surface area contributed by atoms with Crippen molar-refractivity contribution >= 4 is 0 Å². The number of aryl methyl sites for hydroxylation is 2. The van der Waals surface area contributed by atoms with E-state index in [4.69, 9.17) is 15.2 Å². The number of nitrogens with two attached hydrogens (primary N) is 1. The Morgan fingerprint density at radius 1 is 1.15 bits per heavy atom. The molecule has 0 spiro atoms. The smallest absolute Gasteiger partial charge is 0.218 e. The minimum atomic E-state index is 0.428. The third kappa shape index (κ3) is 3.27. The first-order valence-corrected chi connectivity index (χ1v) is 6.57. The van der Waals surface area contributed by atoms with Crippen molar-refractivity contribution < 1.29 is 9.47 Å². The topological polar surface area (TPSA) is 57.4 Å². The summed E-state index contributed by atoms with van der Waals surface area (Å²) in [6.45, 7) is 4.87. The van der Waals surface area contributed by atoms with E-state index in [-0.39, 0.29) is 0 Å². The van der Waals surface area contributed by atoms with E-state index in [1.165, 1.54) is 0 Å². The highest BCUT2D eigenvalue weighted by atomic mass is 16.5. The zero-order valence-electron chi connectivity index (χ0n) is 12.1. The lowest BCUT2D eigenvalue weighted by Gasteiger charge is -2.13. The van der Waals surface area contributed by atoms with E-state index >= 15 is 0 Å². The van der Waals surface area contributed by atoms with Gasteiger partial charge in [0.2, 0.25) is 5.88 Å². The summed E-state index contributed by atoms with van der Waals surface area (Å²) in [7, 11) is 1.65. The highest BCUT2D eigenvalue weighted by Gasteiger charge is 2.09. The molecule has 106 valence electrons. The fourth-order valence-corrected chi connectivity index (χ4v) is 2.07. The highest BCUT2D eigenvalue weighted by Crippen LogP contribution is 2.21. The van der Waals surface area contributed by atoms with Crippen LogP contribution in [-0.2, 0) is 13.2 Å². The normalized spacial score (nSPS) is 10.4. The standard InChI is InChI=1S/C16H20N2O2/c1-11-8-12(2)18-16(15(11)9-17)20-10-13-4-6-14(19-3)7-5-13/h4-8H,9-10,17H2,1-3H3. The molecule has 1 aromatic heterocycles. The molecule has 1 aromatic carbocycles. The molecule has 1 heterocycles. The Morgan fingerprint density at radius 2 is 1.85 bits per heavy atom. The first-order valence-electron chi connectivity index (χ1n) is 6.57. The zero-order valence-corrected chi connectivity index (χ0v) is 12.1. The van der Waals surface area contributed by atoms with Crippen molar-refractivity contribution in [2.24, 2.45) is 5.73 Å². The summed E-state index contributed by atoms with van der Waals surface area (Å²) in [5.41, 5.74) is 9.85. The molecule has 0 aliphatic carbocycles. The molecule has 0 atom stereocenters. The first kappa shape index (κ1) is 14.3. The van der Waals surface area contributed by atoms with Gasteiger partial charge >= 0.3 is 0 Å². The predicted octanol–water partition coefficient (Wildman–Crippen LogP) is 2.74. The summed E-state index contributed by atoms with van der Waals surface area (Å²) in [6.07, 6.45) is 0. The second kappa shape index (κ2) is 6.39. The van der Waals surface area contributed by atoms with Crippen LogP contribution in [0, 0.1) is 13.8 Å². The molecule has 0 aliphatic rings. The van der Waals surface area contributed by atoms with E-state index < -0.39 is 0 Å². The van der Waals surface area contributed by atoms with Gasteiger partial charge in [0.25, 0.3) is 0 Å². The van der Waals surface area contributed by atoms with Crippen LogP contribution in [0.5, 0.6) is 11.6 Å². The third-order valence-corrected chi connectivity index (χ3v) is 3.18. The van der Waals surface area contributed by atoms with Gasteiger partial charge in [0.05, 0.1) is 7.11 Å². The first-order chi connectivity index (χ1) is 9.63. The van der Waals surface area contributed by atoms with E-state index in [1.54, 1.807) is 7.11 Å². The summed E-state index contributed by atoms with van der Waals surface area (Å²) >= 11 is 0. The van der Waals surface area contributed by atoms with Gasteiger partial charge in [-0.25, -0.2) is 4.98 Å². The number of ether oxygens (including phenoxy) is 2. The van der Waals surface area contributed by atoms with Crippen LogP contribution < -0.4 is 15.2 Å². The van der Waals surface area contributed by atoms with Crippen molar-refractivity contribution in [2.75, 3.05) is 7.11 Å². The van der Waals surface area contributed by atoms with E-state index in [2.05, 4.69) is 4.98 Å². The van der Waals surface area contributed by atoms with Crippen LogP contribution in [0.15, 0.2) is 30.3 Å². The number of nitrogens with zero attached hydrogens (tertiary/aromatic N) is 1. The fourth-order valence-electron chi connectivity index (χ4n) is 2.07. The Morgan fingerprint density at radius 3 is 2.45 bits per heavy atom. The van der Waals surface area contributed by atoms with Crippen LogP contribution in [0.3, 0.4) is 0 Å². The lowest BCUT2D eigenvalue weighted by Crippen LogP contribution is -2.07. The van der Waals surface area contributed by atoms with Gasteiger partial charge in [-0.1, -0.05) is 12.1 Å². The highest BCUT2D eigenvalue weighted by molar-refractivity contribution is 5.36. The average molecular weight is 272 g/mol. The summed E-state index contributed by atoms with van der Waals surface area (Å²) < 4.78 is 10.9. The molecular weight excluding hydrogens is 252 g/mol. The van der Waals surface area contributed by atoms with Crippen LogP contribution in [-0.4, -0.2) is 12.1 Å². The lowest BCUT2D eigenvalue weighted by molar-refractivity contribution is 0.289. The molecule has 0 saturated carbocycles. The predicted molar refractivity (Wildman–Crippen MR) is 78.9 cm³/mol. The quantitative estimate of drug-likeness (QED) is 0.909. The number of pyridine rings is 1. The molecule has 0 unspecified atom stereocenters. The Labute approximate surface area is 119 Å². The number of rotatable bonds is 5. The van der Waals surface area contributed by atoms with Gasteiger partial charge in [0.15, 0.2) is 0 Å². The summed E-state index contributed by atoms with van der Waals surface area (Å²) in [5.74, 6) is 1.46. The van der Waals surface area contributed by atoms with Gasteiger partial charge < -0.3 is 15.2 Å². The zero-order chi connectivity index (χ0) is 14.5. The Hall–Kier alpha value is -2.07. The Kier molecular flexibility index (Phi) is 4.58. The van der Waals surface area contributed by atoms with Crippen LogP contribution >= 0.6 is 0 Å². The van der Waals surface area contributed by atoms with Crippen LogP contribution in [0.2, 0.25) is 0 Å². The lowest BCUT2D eigenvalue weighted by atomic mass is 10.1. The number of methoxy groups -OCH3 is 1. The monoisotopic (exact) mass is 272 g/mol. The molecule has 2 aromatic rings. The molecule has 20 heavy (non-hydrogen) atoms.